The molecule has 3 aromatic rings. The maximum absolute atomic E-state index is 13.9. The Kier molecular flexibility index (Phi) is 5.68. The Labute approximate surface area is 185 Å². The fourth-order valence-electron chi connectivity index (χ4n) is 4.79. The maximum atomic E-state index is 13.9. The van der Waals surface area contributed by atoms with E-state index in [1.807, 2.05) is 93.6 Å². The largest absolute Gasteiger partial charge is 0.384 e. The van der Waals surface area contributed by atoms with Crippen molar-refractivity contribution in [1.82, 2.24) is 0 Å². The van der Waals surface area contributed by atoms with E-state index in [9.17, 15) is 9.90 Å². The summed E-state index contributed by atoms with van der Waals surface area (Å²) in [6, 6.07) is 29.7. The minimum atomic E-state index is -1.30. The number of carbonyl (C=O) groups excluding carboxylic acids is 1. The molecule has 0 amide bonds. The van der Waals surface area contributed by atoms with Crippen LogP contribution in [0.1, 0.15) is 54.6 Å². The molecule has 2 heteroatoms. The van der Waals surface area contributed by atoms with E-state index in [0.29, 0.717) is 12.0 Å². The van der Waals surface area contributed by atoms with E-state index < -0.39 is 16.9 Å². The molecule has 0 aliphatic heterocycles. The Morgan fingerprint density at radius 1 is 0.839 bits per heavy atom. The first kappa shape index (κ1) is 21.3. The minimum Gasteiger partial charge on any atom is -0.384 e. The lowest BCUT2D eigenvalue weighted by molar-refractivity contribution is -0.0628. The molecule has 4 rings (SSSR count). The molecule has 158 valence electrons. The van der Waals surface area contributed by atoms with Gasteiger partial charge in [-0.25, -0.2) is 0 Å². The van der Waals surface area contributed by atoms with Crippen LogP contribution in [0.5, 0.6) is 0 Å². The van der Waals surface area contributed by atoms with Crippen molar-refractivity contribution >= 4 is 11.4 Å². The number of allylic oxidation sites excluding steroid dienone is 1. The molecule has 1 aliphatic rings. The SMILES string of the molecule is CC(C)(C)C1(O)C=C(c2ccccc2)CC(c2ccccc2)C1C(=O)c1ccccc1. The van der Waals surface area contributed by atoms with Gasteiger partial charge in [-0.3, -0.25) is 4.79 Å². The summed E-state index contributed by atoms with van der Waals surface area (Å²) in [6.07, 6.45) is 2.67. The fourth-order valence-corrected chi connectivity index (χ4v) is 4.79. The van der Waals surface area contributed by atoms with Crippen LogP contribution in [0, 0.1) is 11.3 Å². The Morgan fingerprint density at radius 3 is 1.90 bits per heavy atom. The number of Topliss-reactive ketones (excluding diaryl/α,β-unsaturated/α-hetero) is 1. The number of ketones is 1. The van der Waals surface area contributed by atoms with Gasteiger partial charge in [0.1, 0.15) is 0 Å². The number of aliphatic hydroxyl groups is 1. The first-order valence-corrected chi connectivity index (χ1v) is 10.9. The smallest absolute Gasteiger partial charge is 0.169 e. The van der Waals surface area contributed by atoms with Crippen molar-refractivity contribution in [3.63, 3.8) is 0 Å². The van der Waals surface area contributed by atoms with Crippen LogP contribution in [0.15, 0.2) is 97.1 Å². The number of carbonyl (C=O) groups is 1. The molecule has 0 heterocycles. The summed E-state index contributed by atoms with van der Waals surface area (Å²) in [5.74, 6) is -0.710. The lowest BCUT2D eigenvalue weighted by Gasteiger charge is -2.49. The number of hydrogen-bond donors (Lipinski definition) is 1. The first-order chi connectivity index (χ1) is 14.8. The molecule has 0 fully saturated rings. The van der Waals surface area contributed by atoms with Crippen molar-refractivity contribution in [1.29, 1.82) is 0 Å². The van der Waals surface area contributed by atoms with Crippen molar-refractivity contribution in [3.05, 3.63) is 114 Å². The normalized spacial score (nSPS) is 23.8. The molecule has 3 aromatic carbocycles. The second-order valence-electron chi connectivity index (χ2n) is 9.54. The zero-order valence-electron chi connectivity index (χ0n) is 18.5. The van der Waals surface area contributed by atoms with Crippen LogP contribution in [-0.2, 0) is 0 Å². The van der Waals surface area contributed by atoms with E-state index in [2.05, 4.69) is 24.3 Å². The highest BCUT2D eigenvalue weighted by atomic mass is 16.3. The van der Waals surface area contributed by atoms with Gasteiger partial charge in [0.2, 0.25) is 0 Å². The van der Waals surface area contributed by atoms with Gasteiger partial charge in [0, 0.05) is 11.5 Å². The maximum Gasteiger partial charge on any atom is 0.169 e. The van der Waals surface area contributed by atoms with Gasteiger partial charge in [-0.05, 0) is 34.6 Å². The molecule has 0 saturated carbocycles. The van der Waals surface area contributed by atoms with Gasteiger partial charge in [-0.15, -0.1) is 0 Å². The Hall–Kier alpha value is -2.97. The molecule has 1 N–H and O–H groups in total. The molecule has 31 heavy (non-hydrogen) atoms. The number of hydrogen-bond acceptors (Lipinski definition) is 2. The van der Waals surface area contributed by atoms with Gasteiger partial charge in [0.25, 0.3) is 0 Å². The molecule has 0 radical (unpaired) electrons. The zero-order valence-corrected chi connectivity index (χ0v) is 18.5. The van der Waals surface area contributed by atoms with Crippen LogP contribution < -0.4 is 0 Å². The quantitative estimate of drug-likeness (QED) is 0.496. The molecular formula is C29H30O2. The highest BCUT2D eigenvalue weighted by Gasteiger charge is 2.54. The van der Waals surface area contributed by atoms with Gasteiger partial charge in [0.15, 0.2) is 5.78 Å². The number of rotatable bonds is 4. The Bertz CT molecular complexity index is 1060. The predicted molar refractivity (Wildman–Crippen MR) is 127 cm³/mol. The van der Waals surface area contributed by atoms with Crippen molar-refractivity contribution in [2.45, 2.75) is 38.7 Å². The van der Waals surface area contributed by atoms with Crippen LogP contribution in [0.3, 0.4) is 0 Å². The second-order valence-corrected chi connectivity index (χ2v) is 9.54. The standard InChI is InChI=1S/C29H30O2/c1-28(2,3)29(31)20-24(21-13-7-4-8-14-21)19-25(22-15-9-5-10-16-22)26(29)27(30)23-17-11-6-12-18-23/h4-18,20,25-26,31H,19H2,1-3H3. The monoisotopic (exact) mass is 410 g/mol. The minimum absolute atomic E-state index is 0.00441. The summed E-state index contributed by atoms with van der Waals surface area (Å²) in [5, 5.41) is 12.3. The third-order valence-electron chi connectivity index (χ3n) is 6.63. The summed E-state index contributed by atoms with van der Waals surface area (Å²) in [7, 11) is 0. The van der Waals surface area contributed by atoms with Crippen LogP contribution >= 0.6 is 0 Å². The van der Waals surface area contributed by atoms with Crippen molar-refractivity contribution in [2.24, 2.45) is 11.3 Å². The summed E-state index contributed by atoms with van der Waals surface area (Å²) < 4.78 is 0. The lowest BCUT2D eigenvalue weighted by Crippen LogP contribution is -2.54. The third-order valence-corrected chi connectivity index (χ3v) is 6.63. The molecule has 0 spiro atoms. The van der Waals surface area contributed by atoms with E-state index in [1.54, 1.807) is 0 Å². The highest BCUT2D eigenvalue weighted by molar-refractivity contribution is 6.00. The van der Waals surface area contributed by atoms with E-state index in [4.69, 9.17) is 0 Å². The molecule has 0 saturated heterocycles. The van der Waals surface area contributed by atoms with E-state index in [1.165, 1.54) is 0 Å². The molecule has 3 unspecified atom stereocenters. The van der Waals surface area contributed by atoms with Crippen LogP contribution in [-0.4, -0.2) is 16.5 Å². The highest BCUT2D eigenvalue weighted by Crippen LogP contribution is 2.53. The summed E-state index contributed by atoms with van der Waals surface area (Å²) in [6.45, 7) is 6.06. The molecule has 1 aliphatic carbocycles. The Morgan fingerprint density at radius 2 is 1.35 bits per heavy atom. The summed E-state index contributed by atoms with van der Waals surface area (Å²) in [4.78, 5) is 13.9. The van der Waals surface area contributed by atoms with E-state index >= 15 is 0 Å². The van der Waals surface area contributed by atoms with E-state index in [0.717, 1.165) is 16.7 Å². The average Bonchev–Trinajstić information content (AvgIpc) is 2.79. The number of benzene rings is 3. The van der Waals surface area contributed by atoms with Gasteiger partial charge in [0.05, 0.1) is 11.5 Å². The van der Waals surface area contributed by atoms with Gasteiger partial charge < -0.3 is 5.11 Å². The zero-order chi connectivity index (χ0) is 22.1. The second kappa shape index (κ2) is 8.28. The van der Waals surface area contributed by atoms with Gasteiger partial charge in [-0.2, -0.15) is 0 Å². The summed E-state index contributed by atoms with van der Waals surface area (Å²) >= 11 is 0. The van der Waals surface area contributed by atoms with Crippen molar-refractivity contribution in [3.8, 4) is 0 Å². The van der Waals surface area contributed by atoms with Crippen molar-refractivity contribution < 1.29 is 9.90 Å². The topological polar surface area (TPSA) is 37.3 Å². The van der Waals surface area contributed by atoms with Crippen LogP contribution in [0.25, 0.3) is 5.57 Å². The molecule has 2 nitrogen and oxygen atoms in total. The van der Waals surface area contributed by atoms with Crippen molar-refractivity contribution in [2.75, 3.05) is 0 Å². The van der Waals surface area contributed by atoms with Crippen LogP contribution in [0.2, 0.25) is 0 Å². The van der Waals surface area contributed by atoms with Gasteiger partial charge in [-0.1, -0.05) is 112 Å². The van der Waals surface area contributed by atoms with E-state index in [-0.39, 0.29) is 11.7 Å². The fraction of sp³-hybridized carbons (Fsp3) is 0.276. The summed E-state index contributed by atoms with van der Waals surface area (Å²) in [5.41, 5.74) is 2.08. The molecular weight excluding hydrogens is 380 g/mol. The van der Waals surface area contributed by atoms with Gasteiger partial charge >= 0.3 is 0 Å². The Balaban J connectivity index is 1.93. The average molecular weight is 411 g/mol. The first-order valence-electron chi connectivity index (χ1n) is 10.9. The van der Waals surface area contributed by atoms with Crippen LogP contribution in [0.4, 0.5) is 0 Å². The predicted octanol–water partition coefficient (Wildman–Crippen LogP) is 6.53. The third kappa shape index (κ3) is 4.00. The molecule has 0 aromatic heterocycles. The molecule has 3 atom stereocenters. The molecule has 0 bridgehead atoms. The lowest BCUT2D eigenvalue weighted by atomic mass is 9.57.